The van der Waals surface area contributed by atoms with Crippen molar-refractivity contribution in [3.63, 3.8) is 0 Å². The number of nitro groups is 1. The largest absolute Gasteiger partial charge is 0.319 e. The van der Waals surface area contributed by atoms with E-state index in [2.05, 4.69) is 15.5 Å². The zero-order valence-corrected chi connectivity index (χ0v) is 15.1. The van der Waals surface area contributed by atoms with Crippen LogP contribution in [0.3, 0.4) is 0 Å². The third-order valence-corrected chi connectivity index (χ3v) is 4.08. The van der Waals surface area contributed by atoms with Gasteiger partial charge in [0.15, 0.2) is 5.82 Å². The Labute approximate surface area is 161 Å². The minimum absolute atomic E-state index is 0.144. The minimum atomic E-state index is -3.15. The molecule has 0 bridgehead atoms. The van der Waals surface area contributed by atoms with Crippen LogP contribution in [0.15, 0.2) is 36.5 Å². The van der Waals surface area contributed by atoms with Crippen LogP contribution < -0.4 is 5.32 Å². The Morgan fingerprint density at radius 1 is 1.28 bits per heavy atom. The van der Waals surface area contributed by atoms with Gasteiger partial charge in [0.1, 0.15) is 18.1 Å². The number of benzene rings is 1. The second-order valence-electron chi connectivity index (χ2n) is 6.07. The average molecular weight is 408 g/mol. The molecule has 3 rings (SSSR count). The van der Waals surface area contributed by atoms with Crippen molar-refractivity contribution in [2.75, 3.05) is 5.32 Å². The maximum Gasteiger partial charge on any atom is 0.319 e. The molecule has 9 nitrogen and oxygen atoms in total. The molecule has 1 amide bonds. The molecule has 1 aromatic carbocycles. The smallest absolute Gasteiger partial charge is 0.308 e. The summed E-state index contributed by atoms with van der Waals surface area (Å²) in [6.07, 6.45) is -1.62. The van der Waals surface area contributed by atoms with Crippen LogP contribution in [-0.2, 0) is 17.9 Å². The van der Waals surface area contributed by atoms with E-state index >= 15 is 0 Å². The van der Waals surface area contributed by atoms with Crippen molar-refractivity contribution in [3.05, 3.63) is 69.4 Å². The molecule has 29 heavy (non-hydrogen) atoms. The predicted octanol–water partition coefficient (Wildman–Crippen LogP) is 3.06. The van der Waals surface area contributed by atoms with E-state index in [0.717, 1.165) is 4.68 Å². The maximum atomic E-state index is 13.7. The number of nitrogens with zero attached hydrogens (tertiary/aromatic N) is 5. The van der Waals surface area contributed by atoms with E-state index in [1.165, 1.54) is 29.9 Å². The fourth-order valence-corrected chi connectivity index (χ4v) is 2.72. The maximum absolute atomic E-state index is 13.7. The molecule has 152 valence electrons. The number of alkyl halides is 2. The van der Waals surface area contributed by atoms with Crippen molar-refractivity contribution in [1.82, 2.24) is 19.6 Å². The number of anilines is 1. The third kappa shape index (κ3) is 4.42. The van der Waals surface area contributed by atoms with Gasteiger partial charge in [0.25, 0.3) is 6.43 Å². The summed E-state index contributed by atoms with van der Waals surface area (Å²) in [6, 6.07) is 7.64. The van der Waals surface area contributed by atoms with Gasteiger partial charge in [-0.25, -0.2) is 13.2 Å². The minimum Gasteiger partial charge on any atom is -0.308 e. The fraction of sp³-hybridized carbons (Fsp3) is 0.235. The first-order valence-corrected chi connectivity index (χ1v) is 8.32. The van der Waals surface area contributed by atoms with Crippen molar-refractivity contribution in [2.24, 2.45) is 0 Å². The topological polar surface area (TPSA) is 108 Å². The molecule has 0 unspecified atom stereocenters. The van der Waals surface area contributed by atoms with E-state index in [-0.39, 0.29) is 23.9 Å². The number of carbonyl (C=O) groups is 1. The van der Waals surface area contributed by atoms with Crippen molar-refractivity contribution in [2.45, 2.75) is 26.4 Å². The Kier molecular flexibility index (Phi) is 5.61. The molecular weight excluding hydrogens is 393 g/mol. The van der Waals surface area contributed by atoms with E-state index in [1.54, 1.807) is 18.2 Å². The highest BCUT2D eigenvalue weighted by atomic mass is 19.3. The van der Waals surface area contributed by atoms with E-state index in [4.69, 9.17) is 0 Å². The van der Waals surface area contributed by atoms with Crippen molar-refractivity contribution in [3.8, 4) is 0 Å². The van der Waals surface area contributed by atoms with Gasteiger partial charge in [-0.3, -0.25) is 24.3 Å². The van der Waals surface area contributed by atoms with Crippen LogP contribution in [-0.4, -0.2) is 30.4 Å². The molecule has 0 spiro atoms. The number of nitrogens with one attached hydrogen (secondary N) is 1. The molecule has 1 N–H and O–H groups in total. The van der Waals surface area contributed by atoms with Gasteiger partial charge in [-0.05, 0) is 13.0 Å². The Morgan fingerprint density at radius 2 is 2.00 bits per heavy atom. The predicted molar refractivity (Wildman–Crippen MR) is 94.9 cm³/mol. The highest BCUT2D eigenvalue weighted by Crippen LogP contribution is 2.30. The van der Waals surface area contributed by atoms with Crippen molar-refractivity contribution < 1.29 is 22.9 Å². The number of aromatic nitrogens is 4. The van der Waals surface area contributed by atoms with Gasteiger partial charge in [0.2, 0.25) is 11.6 Å². The number of rotatable bonds is 7. The van der Waals surface area contributed by atoms with Gasteiger partial charge >= 0.3 is 5.69 Å². The van der Waals surface area contributed by atoms with Crippen LogP contribution in [0.1, 0.15) is 23.4 Å². The van der Waals surface area contributed by atoms with Crippen molar-refractivity contribution in [1.29, 1.82) is 0 Å². The molecule has 2 heterocycles. The fourth-order valence-electron chi connectivity index (χ4n) is 2.72. The molecule has 3 aromatic rings. The van der Waals surface area contributed by atoms with Gasteiger partial charge in [0.05, 0.1) is 11.5 Å². The van der Waals surface area contributed by atoms with Crippen LogP contribution in [0.25, 0.3) is 0 Å². The summed E-state index contributed by atoms with van der Waals surface area (Å²) in [6.45, 7) is 0.859. The van der Waals surface area contributed by atoms with Crippen LogP contribution in [0, 0.1) is 22.9 Å². The molecule has 12 heteroatoms. The summed E-state index contributed by atoms with van der Waals surface area (Å²) >= 11 is 0. The van der Waals surface area contributed by atoms with Crippen LogP contribution in [0.5, 0.6) is 0 Å². The summed E-state index contributed by atoms with van der Waals surface area (Å²) in [7, 11) is 0. The Morgan fingerprint density at radius 3 is 2.62 bits per heavy atom. The monoisotopic (exact) mass is 408 g/mol. The number of hydrogen-bond acceptors (Lipinski definition) is 5. The SMILES string of the molecule is Cc1c([N+](=O)[O-])c(C(F)F)nn1CC(=O)Nc1ccn(Cc2ccccc2F)n1. The second-order valence-corrected chi connectivity index (χ2v) is 6.07. The lowest BCUT2D eigenvalue weighted by Crippen LogP contribution is -2.21. The molecule has 0 aliphatic rings. The first-order valence-electron chi connectivity index (χ1n) is 8.32. The summed E-state index contributed by atoms with van der Waals surface area (Å²) in [5.41, 5.74) is -1.56. The summed E-state index contributed by atoms with van der Waals surface area (Å²) < 4.78 is 41.9. The lowest BCUT2D eigenvalue weighted by Gasteiger charge is -2.05. The van der Waals surface area contributed by atoms with Gasteiger partial charge in [-0.1, -0.05) is 18.2 Å². The molecule has 0 aliphatic heterocycles. The Bertz CT molecular complexity index is 1060. The molecule has 0 fully saturated rings. The highest BCUT2D eigenvalue weighted by Gasteiger charge is 2.31. The zero-order chi connectivity index (χ0) is 21.1. The second kappa shape index (κ2) is 8.12. The van der Waals surface area contributed by atoms with E-state index in [1.807, 2.05) is 0 Å². The zero-order valence-electron chi connectivity index (χ0n) is 15.1. The lowest BCUT2D eigenvalue weighted by atomic mass is 10.2. The summed E-state index contributed by atoms with van der Waals surface area (Å²) in [5.74, 6) is -0.902. The molecule has 0 saturated carbocycles. The molecule has 0 saturated heterocycles. The van der Waals surface area contributed by atoms with Gasteiger partial charge < -0.3 is 5.32 Å². The number of amides is 1. The summed E-state index contributed by atoms with van der Waals surface area (Å²) in [4.78, 5) is 22.2. The highest BCUT2D eigenvalue weighted by molar-refractivity contribution is 5.89. The number of hydrogen-bond donors (Lipinski definition) is 1. The van der Waals surface area contributed by atoms with E-state index in [9.17, 15) is 28.1 Å². The third-order valence-electron chi connectivity index (χ3n) is 4.08. The molecule has 0 radical (unpaired) electrons. The lowest BCUT2D eigenvalue weighted by molar-refractivity contribution is -0.386. The first-order chi connectivity index (χ1) is 13.8. The number of carbonyl (C=O) groups excluding carboxylic acids is 1. The van der Waals surface area contributed by atoms with E-state index in [0.29, 0.717) is 5.56 Å². The normalized spacial score (nSPS) is 11.1. The molecule has 0 aliphatic carbocycles. The van der Waals surface area contributed by atoms with Crippen LogP contribution in [0.2, 0.25) is 0 Å². The van der Waals surface area contributed by atoms with E-state index < -0.39 is 35.2 Å². The van der Waals surface area contributed by atoms with Gasteiger partial charge in [-0.2, -0.15) is 10.2 Å². The first kappa shape index (κ1) is 20.0. The average Bonchev–Trinajstić information content (AvgIpc) is 3.21. The van der Waals surface area contributed by atoms with Gasteiger partial charge in [-0.15, -0.1) is 0 Å². The number of halogens is 3. The van der Waals surface area contributed by atoms with Gasteiger partial charge in [0, 0.05) is 17.8 Å². The Hall–Kier alpha value is -3.70. The van der Waals surface area contributed by atoms with Crippen molar-refractivity contribution >= 4 is 17.4 Å². The van der Waals surface area contributed by atoms with Crippen LogP contribution in [0.4, 0.5) is 24.7 Å². The molecule has 2 aromatic heterocycles. The molecule has 0 atom stereocenters. The quantitative estimate of drug-likeness (QED) is 0.478. The summed E-state index contributed by atoms with van der Waals surface area (Å²) in [5, 5.41) is 21.0. The Balaban J connectivity index is 1.69. The standard InChI is InChI=1S/C17H15F3N6O3/c1-10-16(26(28)29)15(17(19)20)23-25(10)9-14(27)21-13-6-7-24(22-13)8-11-4-2-3-5-12(11)18/h2-7,17H,8-9H2,1H3,(H,21,22,27). The van der Waals surface area contributed by atoms with Crippen LogP contribution >= 0.6 is 0 Å². The molecular formula is C17H15F3N6O3.